The Balaban J connectivity index is 1.42. The minimum Gasteiger partial charge on any atom is -0.778 e. The number of nitrogens with one attached hydrogen (secondary N) is 3. The van der Waals surface area contributed by atoms with Crippen LogP contribution < -0.4 is 31.7 Å². The van der Waals surface area contributed by atoms with Gasteiger partial charge in [0.05, 0.1) is 6.61 Å². The first-order valence-corrected chi connectivity index (χ1v) is 18.0. The summed E-state index contributed by atoms with van der Waals surface area (Å²) in [5, 5.41) is 4.93. The van der Waals surface area contributed by atoms with Crippen LogP contribution in [0.1, 0.15) is 17.4 Å². The molecule has 0 spiro atoms. The lowest BCUT2D eigenvalue weighted by Crippen LogP contribution is -2.44. The van der Waals surface area contributed by atoms with E-state index in [1.54, 1.807) is 85.8 Å². The third-order valence-electron chi connectivity index (χ3n) is 7.18. The first kappa shape index (κ1) is 36.4. The Morgan fingerprint density at radius 2 is 1.40 bits per heavy atom. The second-order valence-electron chi connectivity index (χ2n) is 10.8. The largest absolute Gasteiger partial charge is 0.778 e. The van der Waals surface area contributed by atoms with Crippen LogP contribution in [0.25, 0.3) is 0 Å². The molecule has 264 valence electrons. The molecule has 3 aromatic carbocycles. The number of aromatic nitrogens is 2. The quantitative estimate of drug-likeness (QED) is 0.178. The zero-order valence-corrected chi connectivity index (χ0v) is 27.9. The van der Waals surface area contributed by atoms with Gasteiger partial charge in [0, 0.05) is 29.8 Å². The van der Waals surface area contributed by atoms with Gasteiger partial charge >= 0.3 is 17.9 Å². The average Bonchev–Trinajstić information content (AvgIpc) is 3.37. The van der Waals surface area contributed by atoms with Gasteiger partial charge in [-0.2, -0.15) is 0 Å². The van der Waals surface area contributed by atoms with Crippen molar-refractivity contribution in [2.75, 3.05) is 17.2 Å². The second-order valence-corrected chi connectivity index (χ2v) is 14.2. The number of hydrogen-bond acceptors (Lipinski definition) is 13. The van der Waals surface area contributed by atoms with Crippen LogP contribution in [0.5, 0.6) is 0 Å². The normalized spacial score (nSPS) is 20.9. The van der Waals surface area contributed by atoms with Gasteiger partial charge in [0.15, 0.2) is 18.4 Å². The molecular formula is C31H30N4O13P2-2. The van der Waals surface area contributed by atoms with Crippen LogP contribution in [0.2, 0.25) is 0 Å². The Morgan fingerprint density at radius 3 is 1.98 bits per heavy atom. The number of phosphoric ester groups is 1. The van der Waals surface area contributed by atoms with Gasteiger partial charge in [-0.3, -0.25) is 33.9 Å². The van der Waals surface area contributed by atoms with Crippen molar-refractivity contribution < 1.29 is 51.6 Å². The van der Waals surface area contributed by atoms with Gasteiger partial charge in [-0.25, -0.2) is 14.4 Å². The van der Waals surface area contributed by atoms with E-state index in [1.807, 2.05) is 4.98 Å². The van der Waals surface area contributed by atoms with Crippen LogP contribution in [0, 0.1) is 6.92 Å². The van der Waals surface area contributed by atoms with E-state index >= 15 is 0 Å². The number of ether oxygens (including phenoxy) is 3. The van der Waals surface area contributed by atoms with Crippen molar-refractivity contribution in [2.24, 2.45) is 0 Å². The van der Waals surface area contributed by atoms with Crippen molar-refractivity contribution in [1.29, 1.82) is 0 Å². The number of amides is 2. The maximum absolute atomic E-state index is 13.1. The highest BCUT2D eigenvalue weighted by molar-refractivity contribution is 7.62. The van der Waals surface area contributed by atoms with E-state index < -0.39 is 76.2 Å². The molecule has 17 nitrogen and oxygen atoms in total. The van der Waals surface area contributed by atoms with Crippen LogP contribution in [0.3, 0.4) is 0 Å². The summed E-state index contributed by atoms with van der Waals surface area (Å²) in [5.74, 6) is 0. The molecule has 0 saturated carbocycles. The Hall–Kier alpha value is -4.86. The molecule has 1 aliphatic rings. The van der Waals surface area contributed by atoms with Gasteiger partial charge < -0.3 is 33.1 Å². The maximum Gasteiger partial charge on any atom is 0.412 e. The zero-order valence-electron chi connectivity index (χ0n) is 26.1. The standard InChI is InChI=1S/C31H32N4O13P2/c1-20-10-8-9-11-21(20)19-49(40,41)48-50(42,43)44-18-24-26(46-30(38)32-22-12-4-2-5-13-22)27(47-31(39)33-23-14-6-3-7-15-23)28(45-24)35-17-16-25(36)34-29(35)37/h2-17,24,26-28H,18-19H2,1H3,(H,32,38)(H,33,39)(H,40,41)(H,42,43)(H,34,36,37)/p-2/t24-,26+,27?,28-/m1/s1. The lowest BCUT2D eigenvalue weighted by molar-refractivity contribution is -0.234. The molecule has 1 aliphatic heterocycles. The molecule has 3 N–H and O–H groups in total. The molecule has 5 rings (SSSR count). The van der Waals surface area contributed by atoms with Gasteiger partial charge in [-0.15, -0.1) is 0 Å². The molecule has 1 saturated heterocycles. The molecule has 0 bridgehead atoms. The fourth-order valence-electron chi connectivity index (χ4n) is 4.91. The second kappa shape index (κ2) is 15.8. The summed E-state index contributed by atoms with van der Waals surface area (Å²) in [6.45, 7) is 0.597. The van der Waals surface area contributed by atoms with Crippen LogP contribution in [0.15, 0.2) is 107 Å². The maximum atomic E-state index is 13.1. The molecule has 6 atom stereocenters. The number of rotatable bonds is 12. The predicted molar refractivity (Wildman–Crippen MR) is 173 cm³/mol. The van der Waals surface area contributed by atoms with Crippen molar-refractivity contribution in [3.8, 4) is 0 Å². The number of benzene rings is 3. The van der Waals surface area contributed by atoms with Crippen LogP contribution in [0.4, 0.5) is 21.0 Å². The molecule has 4 aromatic rings. The number of anilines is 2. The van der Waals surface area contributed by atoms with E-state index in [9.17, 15) is 38.1 Å². The minimum atomic E-state index is -5.63. The van der Waals surface area contributed by atoms with Crippen LogP contribution >= 0.6 is 15.4 Å². The highest BCUT2D eigenvalue weighted by Crippen LogP contribution is 2.57. The zero-order chi connectivity index (χ0) is 35.9. The van der Waals surface area contributed by atoms with E-state index in [0.29, 0.717) is 22.5 Å². The van der Waals surface area contributed by atoms with Gasteiger partial charge in [-0.1, -0.05) is 60.7 Å². The van der Waals surface area contributed by atoms with Gasteiger partial charge in [0.2, 0.25) is 0 Å². The highest BCUT2D eigenvalue weighted by atomic mass is 31.3. The van der Waals surface area contributed by atoms with Gasteiger partial charge in [0.25, 0.3) is 13.4 Å². The summed E-state index contributed by atoms with van der Waals surface area (Å²) in [7, 11) is -10.7. The summed E-state index contributed by atoms with van der Waals surface area (Å²) in [5.41, 5.74) is -0.302. The summed E-state index contributed by atoms with van der Waals surface area (Å²) >= 11 is 0. The van der Waals surface area contributed by atoms with E-state index in [2.05, 4.69) is 14.9 Å². The first-order valence-electron chi connectivity index (χ1n) is 14.8. The lowest BCUT2D eigenvalue weighted by atomic mass is 10.1. The Kier molecular flexibility index (Phi) is 11.5. The third kappa shape index (κ3) is 9.86. The monoisotopic (exact) mass is 728 g/mol. The van der Waals surface area contributed by atoms with E-state index in [0.717, 1.165) is 16.8 Å². The fraction of sp³-hybridized carbons (Fsp3) is 0.226. The van der Waals surface area contributed by atoms with E-state index in [-0.39, 0.29) is 0 Å². The van der Waals surface area contributed by atoms with Gasteiger partial charge in [0.1, 0.15) is 13.7 Å². The molecule has 3 unspecified atom stereocenters. The minimum absolute atomic E-state index is 0.297. The predicted octanol–water partition coefficient (Wildman–Crippen LogP) is 3.23. The summed E-state index contributed by atoms with van der Waals surface area (Å²) in [6.07, 6.45) is -8.60. The SMILES string of the molecule is Cc1ccccc1CP(=O)([O-])OP(=O)([O-])OC[C@H]1O[C@@H](n2ccc(=O)[nH]c2=O)C(OC(=O)Nc2ccccc2)[C@H]1OC(=O)Nc1ccccc1. The molecule has 1 fully saturated rings. The topological polar surface area (TPSA) is 239 Å². The molecule has 0 radical (unpaired) electrons. The average molecular weight is 729 g/mol. The number of para-hydroxylation sites is 2. The van der Waals surface area contributed by atoms with Crippen molar-refractivity contribution in [2.45, 2.75) is 37.6 Å². The highest BCUT2D eigenvalue weighted by Gasteiger charge is 2.51. The molecule has 50 heavy (non-hydrogen) atoms. The fourth-order valence-corrected chi connectivity index (χ4v) is 7.65. The van der Waals surface area contributed by atoms with Crippen molar-refractivity contribution >= 4 is 39.0 Å². The number of hydrogen-bond donors (Lipinski definition) is 3. The summed E-state index contributed by atoms with van der Waals surface area (Å²) in [4.78, 5) is 78.2. The van der Waals surface area contributed by atoms with E-state index in [4.69, 9.17) is 18.7 Å². The molecule has 0 aliphatic carbocycles. The number of aryl methyl sites for hydroxylation is 1. The van der Waals surface area contributed by atoms with E-state index in [1.165, 1.54) is 6.07 Å². The summed E-state index contributed by atoms with van der Waals surface area (Å²) < 4.78 is 52.7. The molecule has 19 heteroatoms. The Bertz CT molecular complexity index is 2030. The molecule has 2 heterocycles. The number of carbonyl (C=O) groups is 2. The van der Waals surface area contributed by atoms with Crippen molar-refractivity contribution in [1.82, 2.24) is 9.55 Å². The number of phosphoric acid groups is 1. The van der Waals surface area contributed by atoms with Gasteiger partial charge in [-0.05, 0) is 42.3 Å². The molecular weight excluding hydrogens is 698 g/mol. The lowest BCUT2D eigenvalue weighted by Gasteiger charge is -2.32. The Labute approximate surface area is 283 Å². The third-order valence-corrected chi connectivity index (χ3v) is 10.2. The number of nitrogens with zero attached hydrogens (tertiary/aromatic N) is 1. The first-order chi connectivity index (χ1) is 23.8. The number of carbonyl (C=O) groups excluding carboxylic acids is 2. The molecule has 2 amide bonds. The number of H-pyrrole nitrogens is 1. The number of aromatic amines is 1. The Morgan fingerprint density at radius 1 is 0.840 bits per heavy atom. The van der Waals surface area contributed by atoms with Crippen LogP contribution in [-0.2, 0) is 38.3 Å². The van der Waals surface area contributed by atoms with Crippen molar-refractivity contribution in [3.05, 3.63) is 129 Å². The smallest absolute Gasteiger partial charge is 0.412 e. The van der Waals surface area contributed by atoms with Crippen LogP contribution in [-0.4, -0.2) is 46.7 Å². The molecule has 1 aromatic heterocycles. The summed E-state index contributed by atoms with van der Waals surface area (Å²) in [6, 6.07) is 23.4. The van der Waals surface area contributed by atoms with Crippen molar-refractivity contribution in [3.63, 3.8) is 0 Å².